The third-order valence-corrected chi connectivity index (χ3v) is 2.89. The van der Waals surface area contributed by atoms with E-state index in [0.29, 0.717) is 5.69 Å². The second kappa shape index (κ2) is 4.14. The number of aryl methyl sites for hydroxylation is 1. The number of aromatic nitrogens is 3. The van der Waals surface area contributed by atoms with E-state index < -0.39 is 0 Å². The minimum Gasteiger partial charge on any atom is -0.396 e. The fourth-order valence-electron chi connectivity index (χ4n) is 1.94. The molecule has 1 aromatic carbocycles. The summed E-state index contributed by atoms with van der Waals surface area (Å²) in [7, 11) is 0. The number of hydrogen-bond acceptors (Lipinski definition) is 3. The highest BCUT2D eigenvalue weighted by Gasteiger charge is 2.04. The van der Waals surface area contributed by atoms with Gasteiger partial charge in [-0.05, 0) is 12.5 Å². The summed E-state index contributed by atoms with van der Waals surface area (Å²) in [6.07, 6.45) is 4.23. The van der Waals surface area contributed by atoms with Crippen LogP contribution in [0.2, 0.25) is 0 Å². The van der Waals surface area contributed by atoms with Gasteiger partial charge in [0, 0.05) is 12.5 Å². The number of nitrogens with zero attached hydrogens (tertiary/aromatic N) is 3. The van der Waals surface area contributed by atoms with E-state index in [0.717, 1.165) is 17.8 Å². The van der Waals surface area contributed by atoms with Crippen molar-refractivity contribution >= 4 is 11.3 Å². The highest BCUT2D eigenvalue weighted by atomic mass is 15.2. The van der Waals surface area contributed by atoms with Crippen LogP contribution in [0.1, 0.15) is 16.8 Å². The zero-order chi connectivity index (χ0) is 12.5. The molecule has 90 valence electrons. The van der Waals surface area contributed by atoms with Gasteiger partial charge in [-0.2, -0.15) is 5.10 Å². The van der Waals surface area contributed by atoms with Crippen LogP contribution in [-0.4, -0.2) is 14.6 Å². The van der Waals surface area contributed by atoms with Crippen LogP contribution in [0.15, 0.2) is 42.7 Å². The van der Waals surface area contributed by atoms with Gasteiger partial charge in [0.15, 0.2) is 5.65 Å². The maximum Gasteiger partial charge on any atom is 0.155 e. The second-order valence-corrected chi connectivity index (χ2v) is 4.49. The maximum absolute atomic E-state index is 5.68. The predicted molar refractivity (Wildman–Crippen MR) is 71.4 cm³/mol. The van der Waals surface area contributed by atoms with Gasteiger partial charge >= 0.3 is 0 Å². The van der Waals surface area contributed by atoms with E-state index >= 15 is 0 Å². The number of anilines is 1. The summed E-state index contributed by atoms with van der Waals surface area (Å²) in [5, 5.41) is 4.47. The summed E-state index contributed by atoms with van der Waals surface area (Å²) in [5.74, 6) is 0. The molecule has 4 nitrogen and oxygen atoms in total. The quantitative estimate of drug-likeness (QED) is 0.744. The number of nitrogen functional groups attached to an aromatic ring is 1. The van der Waals surface area contributed by atoms with Gasteiger partial charge in [-0.25, -0.2) is 9.50 Å². The number of benzene rings is 1. The molecule has 4 heteroatoms. The first-order valence-corrected chi connectivity index (χ1v) is 5.86. The lowest BCUT2D eigenvalue weighted by molar-refractivity contribution is 0.898. The van der Waals surface area contributed by atoms with Crippen LogP contribution < -0.4 is 5.73 Å². The van der Waals surface area contributed by atoms with Crippen molar-refractivity contribution in [1.82, 2.24) is 14.6 Å². The van der Waals surface area contributed by atoms with Crippen molar-refractivity contribution in [3.63, 3.8) is 0 Å². The molecule has 2 heterocycles. The lowest BCUT2D eigenvalue weighted by Gasteiger charge is -1.98. The molecule has 18 heavy (non-hydrogen) atoms. The zero-order valence-electron chi connectivity index (χ0n) is 10.2. The van der Waals surface area contributed by atoms with Crippen molar-refractivity contribution in [3.8, 4) is 0 Å². The first-order valence-electron chi connectivity index (χ1n) is 5.86. The molecular formula is C14H14N4. The summed E-state index contributed by atoms with van der Waals surface area (Å²) >= 11 is 0. The third kappa shape index (κ3) is 2.05. The van der Waals surface area contributed by atoms with Gasteiger partial charge in [0.2, 0.25) is 0 Å². The summed E-state index contributed by atoms with van der Waals surface area (Å²) in [6.45, 7) is 2.08. The minimum atomic E-state index is 0.618. The first kappa shape index (κ1) is 10.8. The molecule has 0 fully saturated rings. The van der Waals surface area contributed by atoms with E-state index in [2.05, 4.69) is 41.3 Å². The Bertz CT molecular complexity index is 683. The van der Waals surface area contributed by atoms with Gasteiger partial charge in [-0.15, -0.1) is 0 Å². The fourth-order valence-corrected chi connectivity index (χ4v) is 1.94. The van der Waals surface area contributed by atoms with Gasteiger partial charge in [-0.3, -0.25) is 0 Å². The number of nitrogens with two attached hydrogens (primary N) is 1. The molecule has 0 unspecified atom stereocenters. The molecule has 0 spiro atoms. The Morgan fingerprint density at radius 3 is 2.78 bits per heavy atom. The largest absolute Gasteiger partial charge is 0.396 e. The fraction of sp³-hybridized carbons (Fsp3) is 0.143. The molecule has 0 atom stereocenters. The molecule has 3 rings (SSSR count). The van der Waals surface area contributed by atoms with E-state index in [1.807, 2.05) is 6.07 Å². The summed E-state index contributed by atoms with van der Waals surface area (Å²) in [6, 6.07) is 10.5. The molecule has 0 aliphatic rings. The van der Waals surface area contributed by atoms with Crippen molar-refractivity contribution in [2.45, 2.75) is 13.3 Å². The van der Waals surface area contributed by atoms with E-state index in [1.165, 1.54) is 11.1 Å². The Hall–Kier alpha value is -2.36. The molecule has 0 saturated carbocycles. The second-order valence-electron chi connectivity index (χ2n) is 4.49. The van der Waals surface area contributed by atoms with E-state index in [9.17, 15) is 0 Å². The average Bonchev–Trinajstić information content (AvgIpc) is 2.73. The monoisotopic (exact) mass is 238 g/mol. The predicted octanol–water partition coefficient (Wildman–Crippen LogP) is 2.21. The van der Waals surface area contributed by atoms with Gasteiger partial charge in [0.05, 0.1) is 23.8 Å². The Labute approximate surface area is 105 Å². The highest BCUT2D eigenvalue weighted by Crippen LogP contribution is 2.12. The minimum absolute atomic E-state index is 0.618. The van der Waals surface area contributed by atoms with Crippen molar-refractivity contribution in [1.29, 1.82) is 0 Å². The Balaban J connectivity index is 1.92. The van der Waals surface area contributed by atoms with E-state index in [1.54, 1.807) is 16.9 Å². The topological polar surface area (TPSA) is 56.2 Å². The van der Waals surface area contributed by atoms with Crippen molar-refractivity contribution in [2.75, 3.05) is 5.73 Å². The first-order chi connectivity index (χ1) is 8.70. The van der Waals surface area contributed by atoms with Crippen LogP contribution in [0, 0.1) is 6.92 Å². The zero-order valence-corrected chi connectivity index (χ0v) is 10.2. The maximum atomic E-state index is 5.68. The van der Waals surface area contributed by atoms with Crippen LogP contribution in [-0.2, 0) is 6.42 Å². The normalized spacial score (nSPS) is 10.9. The highest BCUT2D eigenvalue weighted by molar-refractivity contribution is 5.45. The molecule has 0 aliphatic heterocycles. The molecule has 0 saturated heterocycles. The number of hydrogen-bond donors (Lipinski definition) is 1. The smallest absolute Gasteiger partial charge is 0.155 e. The van der Waals surface area contributed by atoms with Crippen molar-refractivity contribution < 1.29 is 0 Å². The molecule has 0 amide bonds. The van der Waals surface area contributed by atoms with Gasteiger partial charge in [0.1, 0.15) is 0 Å². The van der Waals surface area contributed by atoms with Crippen LogP contribution in [0.4, 0.5) is 5.69 Å². The summed E-state index contributed by atoms with van der Waals surface area (Å²) in [5.41, 5.74) is 10.6. The molecule has 0 radical (unpaired) electrons. The number of fused-ring (bicyclic) bond motifs is 1. The summed E-state index contributed by atoms with van der Waals surface area (Å²) in [4.78, 5) is 4.23. The van der Waals surface area contributed by atoms with Crippen LogP contribution in [0.5, 0.6) is 0 Å². The molecule has 3 aromatic rings. The van der Waals surface area contributed by atoms with Crippen molar-refractivity contribution in [2.24, 2.45) is 0 Å². The molecule has 0 aliphatic carbocycles. The molecule has 0 bridgehead atoms. The molecule has 2 N–H and O–H groups in total. The Morgan fingerprint density at radius 1 is 1.22 bits per heavy atom. The van der Waals surface area contributed by atoms with Crippen LogP contribution >= 0.6 is 0 Å². The Kier molecular flexibility index (Phi) is 2.48. The summed E-state index contributed by atoms with van der Waals surface area (Å²) < 4.78 is 1.72. The van der Waals surface area contributed by atoms with Crippen LogP contribution in [0.3, 0.4) is 0 Å². The van der Waals surface area contributed by atoms with Gasteiger partial charge < -0.3 is 5.73 Å². The van der Waals surface area contributed by atoms with Gasteiger partial charge in [-0.1, -0.05) is 29.8 Å². The van der Waals surface area contributed by atoms with Gasteiger partial charge in [0.25, 0.3) is 0 Å². The average molecular weight is 238 g/mol. The van der Waals surface area contributed by atoms with Crippen molar-refractivity contribution in [3.05, 3.63) is 59.5 Å². The lowest BCUT2D eigenvalue weighted by Crippen LogP contribution is -1.95. The Morgan fingerprint density at radius 2 is 2.00 bits per heavy atom. The lowest BCUT2D eigenvalue weighted by atomic mass is 10.1. The molecule has 2 aromatic heterocycles. The SMILES string of the molecule is Cc1ccc(Cc2cc3ncc(N)cn3n2)cc1. The van der Waals surface area contributed by atoms with Crippen LogP contribution in [0.25, 0.3) is 5.65 Å². The third-order valence-electron chi connectivity index (χ3n) is 2.89. The van der Waals surface area contributed by atoms with E-state index in [4.69, 9.17) is 5.73 Å². The standard InChI is InChI=1S/C14H14N4/c1-10-2-4-11(5-3-10)6-13-7-14-16-8-12(15)9-18(14)17-13/h2-5,7-9H,6,15H2,1H3. The van der Waals surface area contributed by atoms with E-state index in [-0.39, 0.29) is 0 Å². The molecular weight excluding hydrogens is 224 g/mol. The number of rotatable bonds is 2.